The number of nitriles is 1. The fourth-order valence-electron chi connectivity index (χ4n) is 4.55. The maximum Gasteiger partial charge on any atom is 0.407 e. The van der Waals surface area contributed by atoms with Crippen LogP contribution < -0.4 is 4.74 Å². The zero-order valence-electron chi connectivity index (χ0n) is 20.7. The lowest BCUT2D eigenvalue weighted by molar-refractivity contribution is 0.135. The van der Waals surface area contributed by atoms with Crippen molar-refractivity contribution in [1.82, 2.24) is 15.0 Å². The summed E-state index contributed by atoms with van der Waals surface area (Å²) in [6, 6.07) is 13.4. The summed E-state index contributed by atoms with van der Waals surface area (Å²) < 4.78 is 11.3. The van der Waals surface area contributed by atoms with Gasteiger partial charge >= 0.3 is 6.09 Å². The van der Waals surface area contributed by atoms with E-state index in [1.807, 2.05) is 26.0 Å². The van der Waals surface area contributed by atoms with Crippen molar-refractivity contribution < 1.29 is 19.2 Å². The minimum atomic E-state index is -0.909. The van der Waals surface area contributed by atoms with Crippen LogP contribution in [-0.2, 0) is 6.42 Å². The average Bonchev–Trinajstić information content (AvgIpc) is 3.18. The molecule has 8 heteroatoms. The van der Waals surface area contributed by atoms with Crippen LogP contribution in [0.1, 0.15) is 57.2 Å². The molecule has 1 aliphatic heterocycles. The summed E-state index contributed by atoms with van der Waals surface area (Å²) in [7, 11) is 0. The van der Waals surface area contributed by atoms with Crippen molar-refractivity contribution in [2.24, 2.45) is 5.41 Å². The molecular formula is C27H30N4O4. The predicted molar refractivity (Wildman–Crippen MR) is 131 cm³/mol. The summed E-state index contributed by atoms with van der Waals surface area (Å²) in [5.41, 5.74) is 3.88. The molecule has 1 aliphatic rings. The number of ether oxygens (including phenoxy) is 1. The number of carbonyl (C=O) groups is 1. The Morgan fingerprint density at radius 1 is 1.29 bits per heavy atom. The third-order valence-corrected chi connectivity index (χ3v) is 6.31. The molecule has 3 aromatic rings. The van der Waals surface area contributed by atoms with E-state index in [-0.39, 0.29) is 17.4 Å². The van der Waals surface area contributed by atoms with Crippen molar-refractivity contribution in [3.05, 3.63) is 53.1 Å². The van der Waals surface area contributed by atoms with Crippen LogP contribution in [-0.4, -0.2) is 45.4 Å². The highest BCUT2D eigenvalue weighted by molar-refractivity contribution is 5.68. The maximum atomic E-state index is 11.8. The number of aromatic nitrogens is 2. The van der Waals surface area contributed by atoms with Crippen LogP contribution in [0.25, 0.3) is 22.8 Å². The first-order valence-electron chi connectivity index (χ1n) is 11.7. The van der Waals surface area contributed by atoms with Gasteiger partial charge in [0.15, 0.2) is 0 Å². The minimum Gasteiger partial charge on any atom is -0.490 e. The number of nitrogens with zero attached hydrogens (tertiary/aromatic N) is 4. The Morgan fingerprint density at radius 3 is 2.71 bits per heavy atom. The van der Waals surface area contributed by atoms with Gasteiger partial charge < -0.3 is 19.3 Å². The molecule has 0 radical (unpaired) electrons. The van der Waals surface area contributed by atoms with E-state index in [0.29, 0.717) is 48.1 Å². The topological polar surface area (TPSA) is 112 Å². The van der Waals surface area contributed by atoms with Gasteiger partial charge in [0.25, 0.3) is 5.89 Å². The van der Waals surface area contributed by atoms with Gasteiger partial charge in [-0.1, -0.05) is 44.1 Å². The van der Waals surface area contributed by atoms with E-state index in [0.717, 1.165) is 16.7 Å². The summed E-state index contributed by atoms with van der Waals surface area (Å²) in [5, 5.41) is 23.5. The number of hydrogen-bond donors (Lipinski definition) is 1. The Bertz CT molecular complexity index is 1280. The zero-order valence-corrected chi connectivity index (χ0v) is 20.7. The number of hydrogen-bond acceptors (Lipinski definition) is 6. The first-order chi connectivity index (χ1) is 16.6. The van der Waals surface area contributed by atoms with E-state index in [4.69, 9.17) is 9.26 Å². The van der Waals surface area contributed by atoms with Crippen molar-refractivity contribution in [2.45, 2.75) is 53.1 Å². The summed E-state index contributed by atoms with van der Waals surface area (Å²) in [6.45, 7) is 11.0. The third-order valence-electron chi connectivity index (χ3n) is 6.31. The number of benzene rings is 2. The maximum absolute atomic E-state index is 11.8. The van der Waals surface area contributed by atoms with Gasteiger partial charge in [0.05, 0.1) is 11.7 Å². The molecule has 0 saturated carbocycles. The van der Waals surface area contributed by atoms with Crippen LogP contribution in [0.5, 0.6) is 5.75 Å². The molecule has 1 aromatic heterocycles. The molecule has 0 spiro atoms. The summed E-state index contributed by atoms with van der Waals surface area (Å²) in [5.74, 6) is 1.28. The van der Waals surface area contributed by atoms with Gasteiger partial charge in [-0.05, 0) is 55.0 Å². The molecule has 1 N–H and O–H groups in total. The molecule has 2 heterocycles. The Balaban J connectivity index is 1.74. The Morgan fingerprint density at radius 2 is 2.06 bits per heavy atom. The molecule has 182 valence electrons. The van der Waals surface area contributed by atoms with E-state index < -0.39 is 6.09 Å². The zero-order chi connectivity index (χ0) is 25.3. The third kappa shape index (κ3) is 4.99. The fourth-order valence-corrected chi connectivity index (χ4v) is 4.55. The molecule has 0 bridgehead atoms. The lowest BCUT2D eigenvalue weighted by Crippen LogP contribution is -2.36. The first kappa shape index (κ1) is 24.3. The number of carboxylic acid groups (broad SMARTS) is 1. The van der Waals surface area contributed by atoms with Crippen molar-refractivity contribution >= 4 is 6.09 Å². The molecule has 0 aliphatic carbocycles. The Kier molecular flexibility index (Phi) is 6.53. The normalized spacial score (nSPS) is 15.9. The van der Waals surface area contributed by atoms with Gasteiger partial charge in [0.2, 0.25) is 5.82 Å². The van der Waals surface area contributed by atoms with E-state index in [1.165, 1.54) is 4.90 Å². The molecule has 35 heavy (non-hydrogen) atoms. The second kappa shape index (κ2) is 9.41. The lowest BCUT2D eigenvalue weighted by Gasteiger charge is -2.33. The number of rotatable bonds is 4. The standard InChI is InChI=1S/C27H30N4O4/c1-16(2)34-23-10-9-17(13-18(23)14-28)25-29-24(30-35-25)21-8-6-7-20-19(21)11-12-31(26(32)33)15-22(20)27(3,4)5/h6-10,13,16,22H,11-12,15H2,1-5H3,(H,32,33). The fraction of sp³-hybridized carbons (Fsp3) is 0.407. The number of fused-ring (bicyclic) bond motifs is 1. The van der Waals surface area contributed by atoms with E-state index >= 15 is 0 Å². The van der Waals surface area contributed by atoms with Gasteiger partial charge in [0.1, 0.15) is 11.8 Å². The summed E-state index contributed by atoms with van der Waals surface area (Å²) in [4.78, 5) is 18.0. The van der Waals surface area contributed by atoms with Gasteiger partial charge in [-0.2, -0.15) is 10.2 Å². The minimum absolute atomic E-state index is 0.0223. The quantitative estimate of drug-likeness (QED) is 0.514. The highest BCUT2D eigenvalue weighted by atomic mass is 16.5. The molecule has 1 unspecified atom stereocenters. The van der Waals surface area contributed by atoms with Crippen LogP contribution in [0.2, 0.25) is 0 Å². The van der Waals surface area contributed by atoms with Gasteiger partial charge in [0, 0.05) is 30.1 Å². The second-order valence-electron chi connectivity index (χ2n) is 10.2. The SMILES string of the molecule is CC(C)Oc1ccc(-c2nc(-c3cccc4c3CCN(C(=O)O)CC4C(C)(C)C)no2)cc1C#N. The smallest absolute Gasteiger partial charge is 0.407 e. The number of amides is 1. The highest BCUT2D eigenvalue weighted by Crippen LogP contribution is 2.41. The van der Waals surface area contributed by atoms with Gasteiger partial charge in [-0.15, -0.1) is 0 Å². The summed E-state index contributed by atoms with van der Waals surface area (Å²) >= 11 is 0. The average molecular weight is 475 g/mol. The monoisotopic (exact) mass is 474 g/mol. The first-order valence-corrected chi connectivity index (χ1v) is 11.7. The molecule has 1 amide bonds. The van der Waals surface area contributed by atoms with Crippen LogP contribution in [0.3, 0.4) is 0 Å². The lowest BCUT2D eigenvalue weighted by atomic mass is 9.74. The molecule has 2 aromatic carbocycles. The van der Waals surface area contributed by atoms with E-state index in [1.54, 1.807) is 18.2 Å². The van der Waals surface area contributed by atoms with Crippen LogP contribution in [0.4, 0.5) is 4.79 Å². The van der Waals surface area contributed by atoms with Crippen molar-refractivity contribution in [3.63, 3.8) is 0 Å². The van der Waals surface area contributed by atoms with Gasteiger partial charge in [-0.25, -0.2) is 4.79 Å². The van der Waals surface area contributed by atoms with Crippen molar-refractivity contribution in [3.8, 4) is 34.7 Å². The van der Waals surface area contributed by atoms with Crippen LogP contribution in [0.15, 0.2) is 40.9 Å². The molecule has 0 saturated heterocycles. The van der Waals surface area contributed by atoms with Crippen LogP contribution >= 0.6 is 0 Å². The highest BCUT2D eigenvalue weighted by Gasteiger charge is 2.35. The predicted octanol–water partition coefficient (Wildman–Crippen LogP) is 5.73. The molecular weight excluding hydrogens is 444 g/mol. The van der Waals surface area contributed by atoms with Crippen molar-refractivity contribution in [2.75, 3.05) is 13.1 Å². The molecule has 8 nitrogen and oxygen atoms in total. The van der Waals surface area contributed by atoms with E-state index in [2.05, 4.69) is 43.0 Å². The van der Waals surface area contributed by atoms with Crippen LogP contribution in [0, 0.1) is 16.7 Å². The second-order valence-corrected chi connectivity index (χ2v) is 10.2. The van der Waals surface area contributed by atoms with Crippen molar-refractivity contribution in [1.29, 1.82) is 5.26 Å². The van der Waals surface area contributed by atoms with Gasteiger partial charge in [-0.3, -0.25) is 0 Å². The van der Waals surface area contributed by atoms with E-state index in [9.17, 15) is 15.2 Å². The largest absolute Gasteiger partial charge is 0.490 e. The summed E-state index contributed by atoms with van der Waals surface area (Å²) in [6.07, 6.45) is -0.396. The Hall–Kier alpha value is -3.86. The molecule has 4 rings (SSSR count). The Labute approximate surface area is 205 Å². The molecule has 0 fully saturated rings. The molecule has 1 atom stereocenters.